The normalized spacial score (nSPS) is 10.7. The van der Waals surface area contributed by atoms with Gasteiger partial charge >= 0.3 is 5.69 Å². The summed E-state index contributed by atoms with van der Waals surface area (Å²) in [5, 5.41) is 10.7. The predicted octanol–water partition coefficient (Wildman–Crippen LogP) is 2.40. The van der Waals surface area contributed by atoms with Crippen molar-refractivity contribution in [3.05, 3.63) is 27.4 Å². The van der Waals surface area contributed by atoms with Gasteiger partial charge in [-0.25, -0.2) is 13.8 Å². The molecule has 0 amide bonds. The van der Waals surface area contributed by atoms with Gasteiger partial charge in [-0.3, -0.25) is 10.1 Å². The average molecular weight is 282 g/mol. The molecule has 0 spiro atoms. The molecule has 0 aromatic carbocycles. The van der Waals surface area contributed by atoms with E-state index in [1.165, 1.54) is 0 Å². The molecule has 82 valence electrons. The monoisotopic (exact) mass is 281 g/mol. The maximum absolute atomic E-state index is 12.5. The van der Waals surface area contributed by atoms with Gasteiger partial charge in [0.15, 0.2) is 0 Å². The Morgan fingerprint density at radius 3 is 2.67 bits per heavy atom. The zero-order valence-corrected chi connectivity index (χ0v) is 8.87. The lowest BCUT2D eigenvalue weighted by Crippen LogP contribution is -2.05. The van der Waals surface area contributed by atoms with E-state index in [1.54, 1.807) is 0 Å². The Balaban J connectivity index is 3.42. The highest BCUT2D eigenvalue weighted by molar-refractivity contribution is 9.08. The second-order valence-electron chi connectivity index (χ2n) is 2.63. The van der Waals surface area contributed by atoms with Crippen LogP contribution in [0.1, 0.15) is 17.7 Å². The molecule has 0 saturated carbocycles. The van der Waals surface area contributed by atoms with Crippen molar-refractivity contribution in [1.82, 2.24) is 4.98 Å². The SMILES string of the molecule is Nc1nc(CBr)cc(C(F)F)c1[N+](=O)[O-]. The van der Waals surface area contributed by atoms with Gasteiger partial charge in [-0.05, 0) is 6.07 Å². The number of nitrogen functional groups attached to an aromatic ring is 1. The number of pyridine rings is 1. The number of nitrogens with zero attached hydrogens (tertiary/aromatic N) is 2. The molecule has 2 N–H and O–H groups in total. The minimum absolute atomic E-state index is 0.203. The van der Waals surface area contributed by atoms with Gasteiger partial charge in [0.1, 0.15) is 5.56 Å². The van der Waals surface area contributed by atoms with Gasteiger partial charge in [-0.15, -0.1) is 0 Å². The predicted molar refractivity (Wildman–Crippen MR) is 52.9 cm³/mol. The first-order valence-corrected chi connectivity index (χ1v) is 4.87. The summed E-state index contributed by atoms with van der Waals surface area (Å²) in [6.07, 6.45) is -2.95. The summed E-state index contributed by atoms with van der Waals surface area (Å²) in [5.74, 6) is -0.493. The molecule has 1 heterocycles. The highest BCUT2D eigenvalue weighted by Gasteiger charge is 2.26. The lowest BCUT2D eigenvalue weighted by Gasteiger charge is -2.05. The Bertz CT molecular complexity index is 400. The number of hydrogen-bond acceptors (Lipinski definition) is 4. The third-order valence-corrected chi connectivity index (χ3v) is 2.23. The number of nitrogens with two attached hydrogens (primary N) is 1. The maximum Gasteiger partial charge on any atom is 0.320 e. The molecule has 0 atom stereocenters. The van der Waals surface area contributed by atoms with Gasteiger partial charge in [-0.2, -0.15) is 0 Å². The second-order valence-corrected chi connectivity index (χ2v) is 3.19. The first-order valence-electron chi connectivity index (χ1n) is 3.75. The fourth-order valence-corrected chi connectivity index (χ4v) is 1.36. The molecule has 8 heteroatoms. The molecular formula is C7H6BrF2N3O2. The maximum atomic E-state index is 12.5. The molecule has 0 aliphatic carbocycles. The number of anilines is 1. The summed E-state index contributed by atoms with van der Waals surface area (Å²) in [6, 6.07) is 0.966. The largest absolute Gasteiger partial charge is 0.378 e. The zero-order valence-electron chi connectivity index (χ0n) is 7.28. The van der Waals surface area contributed by atoms with E-state index in [1.807, 2.05) is 0 Å². The Morgan fingerprint density at radius 2 is 2.27 bits per heavy atom. The molecule has 0 aliphatic rings. The van der Waals surface area contributed by atoms with E-state index in [-0.39, 0.29) is 11.0 Å². The molecule has 0 unspecified atom stereocenters. The van der Waals surface area contributed by atoms with E-state index in [0.717, 1.165) is 6.07 Å². The second kappa shape index (κ2) is 4.47. The molecule has 1 rings (SSSR count). The molecule has 1 aromatic heterocycles. The summed E-state index contributed by atoms with van der Waals surface area (Å²) < 4.78 is 25.0. The van der Waals surface area contributed by atoms with Crippen LogP contribution in [0.25, 0.3) is 0 Å². The smallest absolute Gasteiger partial charge is 0.320 e. The fourth-order valence-electron chi connectivity index (χ4n) is 1.07. The van der Waals surface area contributed by atoms with Crippen LogP contribution in [0.5, 0.6) is 0 Å². The van der Waals surface area contributed by atoms with Crippen molar-refractivity contribution in [1.29, 1.82) is 0 Å². The van der Waals surface area contributed by atoms with Crippen LogP contribution in [0.15, 0.2) is 6.07 Å². The molecule has 0 bridgehead atoms. The van der Waals surface area contributed by atoms with Crippen LogP contribution in [-0.4, -0.2) is 9.91 Å². The molecule has 1 aromatic rings. The third-order valence-electron chi connectivity index (χ3n) is 1.66. The van der Waals surface area contributed by atoms with Gasteiger partial charge in [0.05, 0.1) is 10.6 Å². The Morgan fingerprint density at radius 1 is 1.67 bits per heavy atom. The number of rotatable bonds is 3. The fraction of sp³-hybridized carbons (Fsp3) is 0.286. The van der Waals surface area contributed by atoms with E-state index < -0.39 is 28.4 Å². The van der Waals surface area contributed by atoms with Gasteiger partial charge in [-0.1, -0.05) is 15.9 Å². The van der Waals surface area contributed by atoms with Gasteiger partial charge in [0.2, 0.25) is 5.82 Å². The average Bonchev–Trinajstić information content (AvgIpc) is 2.15. The Labute approximate surface area is 91.6 Å². The van der Waals surface area contributed by atoms with Crippen LogP contribution >= 0.6 is 15.9 Å². The molecule has 0 saturated heterocycles. The van der Waals surface area contributed by atoms with Crippen LogP contribution in [-0.2, 0) is 5.33 Å². The summed E-state index contributed by atoms with van der Waals surface area (Å²) >= 11 is 3.00. The van der Waals surface area contributed by atoms with Gasteiger partial charge < -0.3 is 5.73 Å². The van der Waals surface area contributed by atoms with Gasteiger partial charge in [0, 0.05) is 5.33 Å². The summed E-state index contributed by atoms with van der Waals surface area (Å²) in [6.45, 7) is 0. The molecule has 5 nitrogen and oxygen atoms in total. The van der Waals surface area contributed by atoms with E-state index in [4.69, 9.17) is 5.73 Å². The number of hydrogen-bond donors (Lipinski definition) is 1. The van der Waals surface area contributed by atoms with Crippen molar-refractivity contribution in [2.75, 3.05) is 5.73 Å². The quantitative estimate of drug-likeness (QED) is 0.524. The number of aromatic nitrogens is 1. The van der Waals surface area contributed by atoms with Crippen LogP contribution in [0.2, 0.25) is 0 Å². The van der Waals surface area contributed by atoms with E-state index in [2.05, 4.69) is 20.9 Å². The van der Waals surface area contributed by atoms with Crippen molar-refractivity contribution in [3.63, 3.8) is 0 Å². The first kappa shape index (κ1) is 11.8. The number of nitro groups is 1. The summed E-state index contributed by atoms with van der Waals surface area (Å²) in [7, 11) is 0. The van der Waals surface area contributed by atoms with Crippen molar-refractivity contribution in [2.24, 2.45) is 0 Å². The molecular weight excluding hydrogens is 276 g/mol. The highest BCUT2D eigenvalue weighted by atomic mass is 79.9. The minimum Gasteiger partial charge on any atom is -0.378 e. The van der Waals surface area contributed by atoms with Crippen LogP contribution in [0.3, 0.4) is 0 Å². The van der Waals surface area contributed by atoms with Crippen molar-refractivity contribution < 1.29 is 13.7 Å². The molecule has 0 radical (unpaired) electrons. The number of alkyl halides is 3. The third kappa shape index (κ3) is 2.38. The van der Waals surface area contributed by atoms with E-state index >= 15 is 0 Å². The Hall–Kier alpha value is -1.31. The lowest BCUT2D eigenvalue weighted by atomic mass is 10.2. The summed E-state index contributed by atoms with van der Waals surface area (Å²) in [4.78, 5) is 13.1. The topological polar surface area (TPSA) is 82.0 Å². The zero-order chi connectivity index (χ0) is 11.6. The van der Waals surface area contributed by atoms with Crippen LogP contribution in [0.4, 0.5) is 20.3 Å². The Kier molecular flexibility index (Phi) is 3.51. The standard InChI is InChI=1S/C7H6BrF2N3O2/c8-2-3-1-4(6(9)10)5(13(14)15)7(11)12-3/h1,6H,2H2,(H2,11,12). The summed E-state index contributed by atoms with van der Waals surface area (Å²) in [5.41, 5.74) is 3.93. The van der Waals surface area contributed by atoms with Crippen molar-refractivity contribution in [2.45, 2.75) is 11.8 Å². The van der Waals surface area contributed by atoms with Crippen LogP contribution in [0, 0.1) is 10.1 Å². The molecule has 0 aliphatic heterocycles. The number of halogens is 3. The minimum atomic E-state index is -2.95. The van der Waals surface area contributed by atoms with E-state index in [9.17, 15) is 18.9 Å². The van der Waals surface area contributed by atoms with Gasteiger partial charge in [0.25, 0.3) is 6.43 Å². The van der Waals surface area contributed by atoms with Crippen LogP contribution < -0.4 is 5.73 Å². The first-order chi connectivity index (χ1) is 6.97. The van der Waals surface area contributed by atoms with Crippen molar-refractivity contribution in [3.8, 4) is 0 Å². The van der Waals surface area contributed by atoms with Crippen molar-refractivity contribution >= 4 is 27.4 Å². The highest BCUT2D eigenvalue weighted by Crippen LogP contribution is 2.33. The molecule has 0 fully saturated rings. The lowest BCUT2D eigenvalue weighted by molar-refractivity contribution is -0.385. The molecule has 15 heavy (non-hydrogen) atoms. The van der Waals surface area contributed by atoms with E-state index in [0.29, 0.717) is 0 Å².